The number of rotatable bonds is 1. The zero-order chi connectivity index (χ0) is 9.71. The van der Waals surface area contributed by atoms with Gasteiger partial charge in [-0.2, -0.15) is 5.10 Å². The van der Waals surface area contributed by atoms with Gasteiger partial charge in [-0.3, -0.25) is 0 Å². The molecule has 72 valence electrons. The highest BCUT2D eigenvalue weighted by atomic mass is 35.5. The molecule has 0 aromatic carbocycles. The lowest BCUT2D eigenvalue weighted by atomic mass is 10.3. The van der Waals surface area contributed by atoms with Crippen molar-refractivity contribution in [3.05, 3.63) is 28.7 Å². The van der Waals surface area contributed by atoms with Crippen molar-refractivity contribution in [1.82, 2.24) is 14.6 Å². The molecule has 1 aliphatic carbocycles. The van der Waals surface area contributed by atoms with E-state index in [0.29, 0.717) is 11.1 Å². The molecule has 0 N–H and O–H groups in total. The quantitative estimate of drug-likeness (QED) is 0.673. The number of fused-ring (bicyclic) bond motifs is 1. The van der Waals surface area contributed by atoms with Gasteiger partial charge in [-0.15, -0.1) is 0 Å². The van der Waals surface area contributed by atoms with Crippen LogP contribution in [-0.4, -0.2) is 14.6 Å². The molecule has 1 aliphatic rings. The summed E-state index contributed by atoms with van der Waals surface area (Å²) in [5, 5.41) is 4.82. The third-order valence-corrected chi connectivity index (χ3v) is 2.89. The standard InChI is InChI=1S/C10H10ClN3/c1-6-5-12-14-9(11)4-8(7-2-3-7)13-10(6)14/h4-5,7H,2-3H2,1H3. The molecule has 14 heavy (non-hydrogen) atoms. The number of hydrogen-bond donors (Lipinski definition) is 0. The normalized spacial score (nSPS) is 16.4. The van der Waals surface area contributed by atoms with Gasteiger partial charge < -0.3 is 0 Å². The second-order valence-corrected chi connectivity index (χ2v) is 4.23. The van der Waals surface area contributed by atoms with Gasteiger partial charge in [0.1, 0.15) is 5.15 Å². The molecule has 0 aliphatic heterocycles. The maximum absolute atomic E-state index is 6.11. The van der Waals surface area contributed by atoms with Crippen LogP contribution in [-0.2, 0) is 0 Å². The van der Waals surface area contributed by atoms with Gasteiger partial charge in [-0.25, -0.2) is 9.50 Å². The molecule has 0 saturated heterocycles. The molecule has 0 unspecified atom stereocenters. The number of aryl methyl sites for hydroxylation is 1. The third-order valence-electron chi connectivity index (χ3n) is 2.62. The predicted molar refractivity (Wildman–Crippen MR) is 54.7 cm³/mol. The fourth-order valence-corrected chi connectivity index (χ4v) is 1.88. The lowest BCUT2D eigenvalue weighted by Gasteiger charge is -2.01. The highest BCUT2D eigenvalue weighted by molar-refractivity contribution is 6.29. The SMILES string of the molecule is Cc1cnn2c(Cl)cc(C3CC3)nc12. The zero-order valence-corrected chi connectivity index (χ0v) is 8.62. The van der Waals surface area contributed by atoms with E-state index in [0.717, 1.165) is 16.9 Å². The summed E-state index contributed by atoms with van der Waals surface area (Å²) in [5.74, 6) is 0.631. The first kappa shape index (κ1) is 8.24. The Balaban J connectivity index is 2.30. The van der Waals surface area contributed by atoms with Crippen LogP contribution in [0.4, 0.5) is 0 Å². The number of nitrogens with zero attached hydrogens (tertiary/aromatic N) is 3. The fraction of sp³-hybridized carbons (Fsp3) is 0.400. The topological polar surface area (TPSA) is 30.2 Å². The average molecular weight is 208 g/mol. The van der Waals surface area contributed by atoms with Crippen LogP contribution >= 0.6 is 11.6 Å². The van der Waals surface area contributed by atoms with Crippen molar-refractivity contribution in [2.24, 2.45) is 0 Å². The smallest absolute Gasteiger partial charge is 0.159 e. The van der Waals surface area contributed by atoms with E-state index >= 15 is 0 Å². The van der Waals surface area contributed by atoms with Crippen molar-refractivity contribution in [1.29, 1.82) is 0 Å². The molecule has 0 radical (unpaired) electrons. The van der Waals surface area contributed by atoms with Crippen LogP contribution in [0.1, 0.15) is 30.0 Å². The largest absolute Gasteiger partial charge is 0.233 e. The van der Waals surface area contributed by atoms with Crippen LogP contribution in [0.2, 0.25) is 5.15 Å². The highest BCUT2D eigenvalue weighted by Crippen LogP contribution is 2.39. The Morgan fingerprint density at radius 3 is 3.00 bits per heavy atom. The summed E-state index contributed by atoms with van der Waals surface area (Å²) in [6.07, 6.45) is 4.28. The number of hydrogen-bond acceptors (Lipinski definition) is 2. The maximum atomic E-state index is 6.11. The van der Waals surface area contributed by atoms with E-state index in [2.05, 4.69) is 10.1 Å². The second-order valence-electron chi connectivity index (χ2n) is 3.84. The molecule has 2 aromatic rings. The molecule has 2 heterocycles. The van der Waals surface area contributed by atoms with Gasteiger partial charge in [0.25, 0.3) is 0 Å². The highest BCUT2D eigenvalue weighted by Gasteiger charge is 2.26. The van der Waals surface area contributed by atoms with Crippen LogP contribution in [0.5, 0.6) is 0 Å². The van der Waals surface area contributed by atoms with Crippen LogP contribution in [0.3, 0.4) is 0 Å². The molecule has 3 rings (SSSR count). The molecule has 0 amide bonds. The minimum Gasteiger partial charge on any atom is -0.233 e. The van der Waals surface area contributed by atoms with E-state index in [1.165, 1.54) is 12.8 Å². The van der Waals surface area contributed by atoms with E-state index in [1.807, 2.05) is 13.0 Å². The third kappa shape index (κ3) is 1.12. The van der Waals surface area contributed by atoms with Crippen molar-refractivity contribution in [3.8, 4) is 0 Å². The van der Waals surface area contributed by atoms with Gasteiger partial charge in [-0.05, 0) is 25.8 Å². The van der Waals surface area contributed by atoms with Gasteiger partial charge in [-0.1, -0.05) is 11.6 Å². The van der Waals surface area contributed by atoms with Gasteiger partial charge >= 0.3 is 0 Å². The molecular formula is C10H10ClN3. The van der Waals surface area contributed by atoms with Crippen molar-refractivity contribution in [2.75, 3.05) is 0 Å². The van der Waals surface area contributed by atoms with Gasteiger partial charge in [0, 0.05) is 17.2 Å². The predicted octanol–water partition coefficient (Wildman–Crippen LogP) is 2.57. The summed E-state index contributed by atoms with van der Waals surface area (Å²) in [7, 11) is 0. The van der Waals surface area contributed by atoms with E-state index in [9.17, 15) is 0 Å². The molecule has 0 spiro atoms. The second kappa shape index (κ2) is 2.70. The Hall–Kier alpha value is -1.09. The average Bonchev–Trinajstić information content (AvgIpc) is 2.93. The summed E-state index contributed by atoms with van der Waals surface area (Å²) in [6, 6.07) is 1.93. The van der Waals surface area contributed by atoms with Crippen molar-refractivity contribution in [3.63, 3.8) is 0 Å². The summed E-state index contributed by atoms with van der Waals surface area (Å²) >= 11 is 6.11. The molecule has 0 bridgehead atoms. The first-order valence-electron chi connectivity index (χ1n) is 4.76. The Bertz CT molecular complexity index is 499. The Morgan fingerprint density at radius 1 is 1.50 bits per heavy atom. The summed E-state index contributed by atoms with van der Waals surface area (Å²) in [6.45, 7) is 2.00. The Morgan fingerprint density at radius 2 is 2.29 bits per heavy atom. The van der Waals surface area contributed by atoms with Gasteiger partial charge in [0.2, 0.25) is 0 Å². The van der Waals surface area contributed by atoms with Crippen molar-refractivity contribution < 1.29 is 0 Å². The molecule has 4 heteroatoms. The van der Waals surface area contributed by atoms with Crippen LogP contribution < -0.4 is 0 Å². The summed E-state index contributed by atoms with van der Waals surface area (Å²) in [4.78, 5) is 4.57. The van der Waals surface area contributed by atoms with Crippen LogP contribution in [0, 0.1) is 6.92 Å². The monoisotopic (exact) mass is 207 g/mol. The lowest BCUT2D eigenvalue weighted by Crippen LogP contribution is -1.96. The molecule has 0 atom stereocenters. The molecule has 3 nitrogen and oxygen atoms in total. The first-order valence-corrected chi connectivity index (χ1v) is 5.14. The number of aromatic nitrogens is 3. The van der Waals surface area contributed by atoms with Crippen molar-refractivity contribution in [2.45, 2.75) is 25.7 Å². The number of halogens is 1. The summed E-state index contributed by atoms with van der Waals surface area (Å²) < 4.78 is 1.68. The van der Waals surface area contributed by atoms with E-state index < -0.39 is 0 Å². The molecular weight excluding hydrogens is 198 g/mol. The molecule has 1 saturated carbocycles. The fourth-order valence-electron chi connectivity index (χ4n) is 1.64. The van der Waals surface area contributed by atoms with E-state index in [-0.39, 0.29) is 0 Å². The van der Waals surface area contributed by atoms with Crippen LogP contribution in [0.25, 0.3) is 5.65 Å². The molecule has 2 aromatic heterocycles. The Kier molecular flexibility index (Phi) is 1.59. The molecule has 1 fully saturated rings. The van der Waals surface area contributed by atoms with Crippen molar-refractivity contribution >= 4 is 17.2 Å². The van der Waals surface area contributed by atoms with E-state index in [4.69, 9.17) is 11.6 Å². The zero-order valence-electron chi connectivity index (χ0n) is 7.87. The maximum Gasteiger partial charge on any atom is 0.159 e. The minimum absolute atomic E-state index is 0.631. The Labute approximate surface area is 86.7 Å². The van der Waals surface area contributed by atoms with E-state index in [1.54, 1.807) is 10.7 Å². The minimum atomic E-state index is 0.631. The van der Waals surface area contributed by atoms with Gasteiger partial charge in [0.05, 0.1) is 6.20 Å². The van der Waals surface area contributed by atoms with Crippen LogP contribution in [0.15, 0.2) is 12.3 Å². The lowest BCUT2D eigenvalue weighted by molar-refractivity contribution is 0.909. The first-order chi connectivity index (χ1) is 6.75. The summed E-state index contributed by atoms with van der Waals surface area (Å²) in [5.41, 5.74) is 3.08. The van der Waals surface area contributed by atoms with Gasteiger partial charge in [0.15, 0.2) is 5.65 Å².